The predicted molar refractivity (Wildman–Crippen MR) is 65.8 cm³/mol. The second-order valence-corrected chi connectivity index (χ2v) is 4.41. The molecule has 0 unspecified atom stereocenters. The minimum absolute atomic E-state index is 0.0191. The van der Waals surface area contributed by atoms with Gasteiger partial charge in [-0.2, -0.15) is 0 Å². The second-order valence-electron chi connectivity index (χ2n) is 4.41. The number of carboxylic acids is 1. The van der Waals surface area contributed by atoms with Crippen molar-refractivity contribution < 1.29 is 14.6 Å². The van der Waals surface area contributed by atoms with E-state index in [1.165, 1.54) is 6.07 Å². The number of hydrogen-bond donors (Lipinski definition) is 2. The van der Waals surface area contributed by atoms with Crippen LogP contribution >= 0.6 is 0 Å². The van der Waals surface area contributed by atoms with E-state index in [1.807, 2.05) is 6.92 Å². The van der Waals surface area contributed by atoms with Crippen molar-refractivity contribution in [3.63, 3.8) is 0 Å². The van der Waals surface area contributed by atoms with Crippen LogP contribution in [-0.2, 0) is 4.74 Å². The lowest BCUT2D eigenvalue weighted by molar-refractivity contribution is 0.00283. The van der Waals surface area contributed by atoms with E-state index in [1.54, 1.807) is 6.92 Å². The summed E-state index contributed by atoms with van der Waals surface area (Å²) in [5.74, 6) is -0.656. The van der Waals surface area contributed by atoms with E-state index in [2.05, 4.69) is 15.3 Å². The van der Waals surface area contributed by atoms with E-state index in [9.17, 15) is 4.79 Å². The van der Waals surface area contributed by atoms with E-state index >= 15 is 0 Å². The highest BCUT2D eigenvalue weighted by atomic mass is 16.5. The molecule has 0 saturated heterocycles. The van der Waals surface area contributed by atoms with Crippen LogP contribution in [0, 0.1) is 6.92 Å². The van der Waals surface area contributed by atoms with Crippen molar-refractivity contribution in [2.45, 2.75) is 38.8 Å². The van der Waals surface area contributed by atoms with Gasteiger partial charge in [0.25, 0.3) is 0 Å². The van der Waals surface area contributed by atoms with Crippen LogP contribution in [0.3, 0.4) is 0 Å². The average Bonchev–Trinajstić information content (AvgIpc) is 2.25. The van der Waals surface area contributed by atoms with E-state index in [4.69, 9.17) is 9.84 Å². The van der Waals surface area contributed by atoms with Crippen LogP contribution in [0.5, 0.6) is 0 Å². The van der Waals surface area contributed by atoms with Crippen LogP contribution in [0.25, 0.3) is 0 Å². The normalized spacial score (nSPS) is 22.3. The van der Waals surface area contributed by atoms with Gasteiger partial charge in [-0.25, -0.2) is 14.8 Å². The van der Waals surface area contributed by atoms with Crippen molar-refractivity contribution >= 4 is 11.9 Å². The monoisotopic (exact) mass is 251 g/mol. The number of nitrogens with one attached hydrogen (secondary N) is 1. The molecular weight excluding hydrogens is 234 g/mol. The van der Waals surface area contributed by atoms with Crippen molar-refractivity contribution in [3.8, 4) is 0 Å². The maximum Gasteiger partial charge on any atom is 0.354 e. The Morgan fingerprint density at radius 2 is 2.28 bits per heavy atom. The molecule has 0 radical (unpaired) electrons. The van der Waals surface area contributed by atoms with E-state index in [0.29, 0.717) is 17.7 Å². The summed E-state index contributed by atoms with van der Waals surface area (Å²) in [7, 11) is 0. The fourth-order valence-electron chi connectivity index (χ4n) is 1.98. The van der Waals surface area contributed by atoms with Gasteiger partial charge in [0.15, 0.2) is 5.69 Å². The van der Waals surface area contributed by atoms with Crippen LogP contribution < -0.4 is 5.32 Å². The Kier molecular flexibility index (Phi) is 3.76. The number of aromatic carboxylic acids is 1. The summed E-state index contributed by atoms with van der Waals surface area (Å²) >= 11 is 0. The summed E-state index contributed by atoms with van der Waals surface area (Å²) in [4.78, 5) is 19.0. The molecule has 0 aromatic carbocycles. The quantitative estimate of drug-likeness (QED) is 0.824. The summed E-state index contributed by atoms with van der Waals surface area (Å²) in [6, 6.07) is 1.72. The molecule has 1 aromatic heterocycles. The van der Waals surface area contributed by atoms with Crippen LogP contribution in [0.1, 0.15) is 35.9 Å². The van der Waals surface area contributed by atoms with Gasteiger partial charge in [-0.05, 0) is 32.8 Å². The van der Waals surface area contributed by atoms with E-state index in [0.717, 1.165) is 19.4 Å². The molecule has 6 nitrogen and oxygen atoms in total. The molecule has 1 aliphatic carbocycles. The largest absolute Gasteiger partial charge is 0.477 e. The Morgan fingerprint density at radius 1 is 1.56 bits per heavy atom. The van der Waals surface area contributed by atoms with Crippen LogP contribution in [-0.4, -0.2) is 39.8 Å². The number of carboxylic acid groups (broad SMARTS) is 1. The van der Waals surface area contributed by atoms with Crippen LogP contribution in [0.15, 0.2) is 6.07 Å². The Labute approximate surface area is 105 Å². The molecule has 0 bridgehead atoms. The van der Waals surface area contributed by atoms with Crippen molar-refractivity contribution in [2.24, 2.45) is 0 Å². The van der Waals surface area contributed by atoms with Crippen molar-refractivity contribution in [1.82, 2.24) is 9.97 Å². The minimum atomic E-state index is -1.04. The number of carbonyl (C=O) groups is 1. The zero-order chi connectivity index (χ0) is 13.1. The number of anilines is 1. The average molecular weight is 251 g/mol. The molecule has 2 N–H and O–H groups in total. The topological polar surface area (TPSA) is 84.3 Å². The molecule has 98 valence electrons. The molecule has 6 heteroatoms. The smallest absolute Gasteiger partial charge is 0.354 e. The maximum atomic E-state index is 10.9. The molecule has 0 aliphatic heterocycles. The van der Waals surface area contributed by atoms with Gasteiger partial charge in [-0.3, -0.25) is 0 Å². The standard InChI is InChI=1S/C12H17N3O3/c1-3-18-9-5-8(6-9)14-12-13-7(2)4-10(15-12)11(16)17/h4,8-9H,3,5-6H2,1-2H3,(H,16,17)(H,13,14,15). The van der Waals surface area contributed by atoms with Gasteiger partial charge in [0, 0.05) is 18.3 Å². The molecule has 0 atom stereocenters. The highest BCUT2D eigenvalue weighted by Gasteiger charge is 2.30. The lowest BCUT2D eigenvalue weighted by Gasteiger charge is -2.35. The summed E-state index contributed by atoms with van der Waals surface area (Å²) in [5, 5.41) is 12.1. The van der Waals surface area contributed by atoms with Crippen LogP contribution in [0.2, 0.25) is 0 Å². The lowest BCUT2D eigenvalue weighted by Crippen LogP contribution is -2.41. The molecular formula is C12H17N3O3. The first kappa shape index (κ1) is 12.8. The van der Waals surface area contributed by atoms with Gasteiger partial charge < -0.3 is 15.2 Å². The third kappa shape index (κ3) is 2.95. The third-order valence-electron chi connectivity index (χ3n) is 2.90. The molecule has 1 heterocycles. The molecule has 1 aliphatic rings. The Balaban J connectivity index is 1.96. The van der Waals surface area contributed by atoms with Gasteiger partial charge in [0.05, 0.1) is 6.10 Å². The van der Waals surface area contributed by atoms with Gasteiger partial charge in [-0.1, -0.05) is 0 Å². The second kappa shape index (κ2) is 5.30. The van der Waals surface area contributed by atoms with Crippen molar-refractivity contribution in [1.29, 1.82) is 0 Å². The SMILES string of the molecule is CCOC1CC(Nc2nc(C)cc(C(=O)O)n2)C1. The Bertz CT molecular complexity index is 444. The first-order valence-corrected chi connectivity index (χ1v) is 6.05. The minimum Gasteiger partial charge on any atom is -0.477 e. The molecule has 0 amide bonds. The fraction of sp³-hybridized carbons (Fsp3) is 0.583. The summed E-state index contributed by atoms with van der Waals surface area (Å²) in [6.07, 6.45) is 2.12. The fourth-order valence-corrected chi connectivity index (χ4v) is 1.98. The molecule has 2 rings (SSSR count). The number of nitrogens with zero attached hydrogens (tertiary/aromatic N) is 2. The zero-order valence-corrected chi connectivity index (χ0v) is 10.5. The number of hydrogen-bond acceptors (Lipinski definition) is 5. The van der Waals surface area contributed by atoms with Crippen molar-refractivity contribution in [2.75, 3.05) is 11.9 Å². The number of ether oxygens (including phenoxy) is 1. The summed E-state index contributed by atoms with van der Waals surface area (Å²) in [5.41, 5.74) is 0.663. The van der Waals surface area contributed by atoms with E-state index < -0.39 is 5.97 Å². The van der Waals surface area contributed by atoms with E-state index in [-0.39, 0.29) is 11.7 Å². The number of aromatic nitrogens is 2. The summed E-state index contributed by atoms with van der Waals surface area (Å²) < 4.78 is 5.46. The number of aryl methyl sites for hydroxylation is 1. The predicted octanol–water partition coefficient (Wildman–Crippen LogP) is 1.46. The highest BCUT2D eigenvalue weighted by molar-refractivity contribution is 5.85. The Hall–Kier alpha value is -1.69. The number of rotatable bonds is 5. The highest BCUT2D eigenvalue weighted by Crippen LogP contribution is 2.25. The lowest BCUT2D eigenvalue weighted by atomic mass is 9.89. The Morgan fingerprint density at radius 3 is 2.89 bits per heavy atom. The maximum absolute atomic E-state index is 10.9. The first-order valence-electron chi connectivity index (χ1n) is 6.05. The van der Waals surface area contributed by atoms with Gasteiger partial charge in [-0.15, -0.1) is 0 Å². The molecule has 18 heavy (non-hydrogen) atoms. The van der Waals surface area contributed by atoms with Crippen LogP contribution in [0.4, 0.5) is 5.95 Å². The first-order chi connectivity index (χ1) is 8.58. The van der Waals surface area contributed by atoms with Gasteiger partial charge in [0.2, 0.25) is 5.95 Å². The van der Waals surface area contributed by atoms with Crippen molar-refractivity contribution in [3.05, 3.63) is 17.5 Å². The van der Waals surface area contributed by atoms with Gasteiger partial charge >= 0.3 is 5.97 Å². The molecule has 1 fully saturated rings. The molecule has 0 spiro atoms. The molecule has 1 aromatic rings. The zero-order valence-electron chi connectivity index (χ0n) is 10.5. The van der Waals surface area contributed by atoms with Gasteiger partial charge in [0.1, 0.15) is 0 Å². The third-order valence-corrected chi connectivity index (χ3v) is 2.90. The summed E-state index contributed by atoms with van der Waals surface area (Å²) in [6.45, 7) is 4.45. The molecule has 1 saturated carbocycles.